The van der Waals surface area contributed by atoms with Gasteiger partial charge in [0.25, 0.3) is 0 Å². The number of hydrogen-bond acceptors (Lipinski definition) is 2. The van der Waals surface area contributed by atoms with E-state index >= 15 is 0 Å². The number of nitriles is 1. The fraction of sp³-hybridized carbons (Fsp3) is 0.333. The van der Waals surface area contributed by atoms with E-state index in [4.69, 9.17) is 0 Å². The maximum atomic E-state index is 13.1. The smallest absolute Gasteiger partial charge is 0.160 e. The first-order valence-electron chi connectivity index (χ1n) is 8.30. The summed E-state index contributed by atoms with van der Waals surface area (Å²) in [7, 11) is 0. The van der Waals surface area contributed by atoms with E-state index in [-0.39, 0.29) is 5.78 Å². The van der Waals surface area contributed by atoms with Gasteiger partial charge in [0.05, 0.1) is 11.5 Å². The predicted molar refractivity (Wildman–Crippen MR) is 90.8 cm³/mol. The zero-order chi connectivity index (χ0) is 16.1. The van der Waals surface area contributed by atoms with E-state index in [2.05, 4.69) is 18.2 Å². The first-order valence-corrected chi connectivity index (χ1v) is 8.30. The molecule has 3 rings (SSSR count). The van der Waals surface area contributed by atoms with Crippen LogP contribution in [0.2, 0.25) is 0 Å². The van der Waals surface area contributed by atoms with Gasteiger partial charge in [-0.1, -0.05) is 67.1 Å². The highest BCUT2D eigenvalue weighted by molar-refractivity contribution is 5.94. The maximum absolute atomic E-state index is 13.1. The van der Waals surface area contributed by atoms with Gasteiger partial charge in [0.15, 0.2) is 5.78 Å². The van der Waals surface area contributed by atoms with Gasteiger partial charge in [-0.25, -0.2) is 0 Å². The standard InChI is InChI=1S/C21H21NO/c22-16-18-10-7-14-21(20(18)23,19-11-5-2-6-12-19)15-13-17-8-3-1-4-9-17/h1-6,8-9,11-12,18H,7,10,13-15H2/t18-,21-/m1/s1. The summed E-state index contributed by atoms with van der Waals surface area (Å²) < 4.78 is 0. The molecule has 0 spiro atoms. The molecule has 116 valence electrons. The summed E-state index contributed by atoms with van der Waals surface area (Å²) in [5.74, 6) is -0.340. The van der Waals surface area contributed by atoms with Gasteiger partial charge < -0.3 is 0 Å². The molecule has 2 atom stereocenters. The quantitative estimate of drug-likeness (QED) is 0.837. The van der Waals surface area contributed by atoms with Gasteiger partial charge in [0.1, 0.15) is 5.92 Å². The Morgan fingerprint density at radius 1 is 1.04 bits per heavy atom. The first-order chi connectivity index (χ1) is 11.3. The molecule has 0 bridgehead atoms. The van der Waals surface area contributed by atoms with Crippen molar-refractivity contribution in [3.05, 3.63) is 71.8 Å². The van der Waals surface area contributed by atoms with Crippen molar-refractivity contribution in [3.63, 3.8) is 0 Å². The molecule has 0 amide bonds. The lowest BCUT2D eigenvalue weighted by Crippen LogP contribution is -2.43. The molecule has 23 heavy (non-hydrogen) atoms. The van der Waals surface area contributed by atoms with Crippen molar-refractivity contribution in [2.45, 2.75) is 37.5 Å². The highest BCUT2D eigenvalue weighted by Crippen LogP contribution is 2.42. The largest absolute Gasteiger partial charge is 0.297 e. The fourth-order valence-corrected chi connectivity index (χ4v) is 3.76. The number of benzene rings is 2. The lowest BCUT2D eigenvalue weighted by molar-refractivity contribution is -0.129. The Morgan fingerprint density at radius 3 is 2.35 bits per heavy atom. The molecule has 0 unspecified atom stereocenters. The van der Waals surface area contributed by atoms with E-state index in [0.717, 1.165) is 31.2 Å². The topological polar surface area (TPSA) is 40.9 Å². The van der Waals surface area contributed by atoms with Crippen LogP contribution in [-0.4, -0.2) is 5.78 Å². The molecule has 2 aromatic carbocycles. The Kier molecular flexibility index (Phi) is 4.57. The van der Waals surface area contributed by atoms with E-state index in [1.165, 1.54) is 5.56 Å². The predicted octanol–water partition coefficient (Wildman–Crippen LogP) is 4.45. The van der Waals surface area contributed by atoms with Crippen molar-refractivity contribution in [3.8, 4) is 6.07 Å². The van der Waals surface area contributed by atoms with Crippen LogP contribution in [0.3, 0.4) is 0 Å². The van der Waals surface area contributed by atoms with Gasteiger partial charge >= 0.3 is 0 Å². The van der Waals surface area contributed by atoms with Crippen LogP contribution in [0.25, 0.3) is 0 Å². The minimum Gasteiger partial charge on any atom is -0.297 e. The van der Waals surface area contributed by atoms with Crippen LogP contribution in [0.5, 0.6) is 0 Å². The van der Waals surface area contributed by atoms with Crippen molar-refractivity contribution in [1.29, 1.82) is 5.26 Å². The van der Waals surface area contributed by atoms with Crippen molar-refractivity contribution in [2.75, 3.05) is 0 Å². The second kappa shape index (κ2) is 6.79. The van der Waals surface area contributed by atoms with Crippen LogP contribution in [0, 0.1) is 17.2 Å². The van der Waals surface area contributed by atoms with Crippen LogP contribution < -0.4 is 0 Å². The maximum Gasteiger partial charge on any atom is 0.160 e. The van der Waals surface area contributed by atoms with Crippen LogP contribution in [-0.2, 0) is 16.6 Å². The van der Waals surface area contributed by atoms with Crippen molar-refractivity contribution in [1.82, 2.24) is 0 Å². The molecule has 1 aliphatic rings. The van der Waals surface area contributed by atoms with Crippen molar-refractivity contribution < 1.29 is 4.79 Å². The molecular formula is C21H21NO. The molecular weight excluding hydrogens is 282 g/mol. The molecule has 2 heteroatoms. The number of hydrogen-bond donors (Lipinski definition) is 0. The molecule has 1 saturated carbocycles. The third kappa shape index (κ3) is 3.05. The van der Waals surface area contributed by atoms with Crippen LogP contribution in [0.4, 0.5) is 0 Å². The van der Waals surface area contributed by atoms with Gasteiger partial charge in [-0.15, -0.1) is 0 Å². The third-order valence-electron chi connectivity index (χ3n) is 5.05. The molecule has 0 saturated heterocycles. The number of Topliss-reactive ketones (excluding diaryl/α,β-unsaturated/α-hetero) is 1. The fourth-order valence-electron chi connectivity index (χ4n) is 3.76. The third-order valence-corrected chi connectivity index (χ3v) is 5.05. The van der Waals surface area contributed by atoms with Crippen LogP contribution in [0.1, 0.15) is 36.8 Å². The summed E-state index contributed by atoms with van der Waals surface area (Å²) >= 11 is 0. The SMILES string of the molecule is N#C[C@H]1CCC[C@@](CCc2ccccc2)(c2ccccc2)C1=O. The summed E-state index contributed by atoms with van der Waals surface area (Å²) in [5.41, 5.74) is 1.81. The number of nitrogens with zero attached hydrogens (tertiary/aromatic N) is 1. The molecule has 0 aromatic heterocycles. The molecule has 1 aliphatic carbocycles. The van der Waals surface area contributed by atoms with Gasteiger partial charge in [-0.2, -0.15) is 5.26 Å². The molecule has 0 N–H and O–H groups in total. The zero-order valence-electron chi connectivity index (χ0n) is 13.2. The van der Waals surface area contributed by atoms with Gasteiger partial charge in [0.2, 0.25) is 0 Å². The highest BCUT2D eigenvalue weighted by atomic mass is 16.1. The molecule has 1 fully saturated rings. The molecule has 0 aliphatic heterocycles. The van der Waals surface area contributed by atoms with Crippen LogP contribution >= 0.6 is 0 Å². The van der Waals surface area contributed by atoms with E-state index in [1.54, 1.807) is 0 Å². The van der Waals surface area contributed by atoms with Crippen LogP contribution in [0.15, 0.2) is 60.7 Å². The summed E-state index contributed by atoms with van der Waals surface area (Å²) in [6, 6.07) is 22.6. The van der Waals surface area contributed by atoms with E-state index in [0.29, 0.717) is 6.42 Å². The van der Waals surface area contributed by atoms with Gasteiger partial charge in [0, 0.05) is 0 Å². The van der Waals surface area contributed by atoms with Crippen molar-refractivity contribution in [2.24, 2.45) is 5.92 Å². The molecule has 2 aromatic rings. The first kappa shape index (κ1) is 15.5. The summed E-state index contributed by atoms with van der Waals surface area (Å²) in [5, 5.41) is 9.35. The molecule has 0 radical (unpaired) electrons. The highest BCUT2D eigenvalue weighted by Gasteiger charge is 2.45. The Labute approximate surface area is 137 Å². The second-order valence-corrected chi connectivity index (χ2v) is 6.37. The minimum absolute atomic E-state index is 0.119. The summed E-state index contributed by atoms with van der Waals surface area (Å²) in [6.07, 6.45) is 4.13. The average Bonchev–Trinajstić information content (AvgIpc) is 2.63. The van der Waals surface area contributed by atoms with E-state index in [9.17, 15) is 10.1 Å². The number of rotatable bonds is 4. The average molecular weight is 303 g/mol. The Morgan fingerprint density at radius 2 is 1.70 bits per heavy atom. The lowest BCUT2D eigenvalue weighted by atomic mass is 9.62. The van der Waals surface area contributed by atoms with E-state index in [1.807, 2.05) is 48.5 Å². The Balaban J connectivity index is 1.94. The number of ketones is 1. The normalized spacial score (nSPS) is 24.1. The van der Waals surface area contributed by atoms with Crippen molar-refractivity contribution >= 4 is 5.78 Å². The van der Waals surface area contributed by atoms with E-state index < -0.39 is 11.3 Å². The lowest BCUT2D eigenvalue weighted by Gasteiger charge is -2.38. The summed E-state index contributed by atoms with van der Waals surface area (Å²) in [4.78, 5) is 13.1. The summed E-state index contributed by atoms with van der Waals surface area (Å²) in [6.45, 7) is 0. The van der Waals surface area contributed by atoms with Gasteiger partial charge in [-0.3, -0.25) is 4.79 Å². The zero-order valence-corrected chi connectivity index (χ0v) is 13.2. The molecule has 2 nitrogen and oxygen atoms in total. The second-order valence-electron chi connectivity index (χ2n) is 6.37. The van der Waals surface area contributed by atoms with Gasteiger partial charge in [-0.05, 0) is 36.8 Å². The molecule has 0 heterocycles. The number of aryl methyl sites for hydroxylation is 1. The Hall–Kier alpha value is -2.40. The monoisotopic (exact) mass is 303 g/mol. The number of carbonyl (C=O) groups excluding carboxylic acids is 1. The number of carbonyl (C=O) groups is 1. The Bertz CT molecular complexity index is 702. The minimum atomic E-state index is -0.504.